The van der Waals surface area contributed by atoms with E-state index >= 15 is 0 Å². The molecule has 4 heteroatoms. The van der Waals surface area contributed by atoms with Crippen LogP contribution in [0.4, 0.5) is 5.69 Å². The van der Waals surface area contributed by atoms with Crippen molar-refractivity contribution in [3.05, 3.63) is 30.3 Å². The van der Waals surface area contributed by atoms with E-state index in [0.717, 1.165) is 5.69 Å². The zero-order valence-corrected chi connectivity index (χ0v) is 7.56. The number of nitrogens with one attached hydrogen (secondary N) is 1. The Labute approximate surface area is 81.5 Å². The van der Waals surface area contributed by atoms with Crippen LogP contribution in [0.3, 0.4) is 0 Å². The van der Waals surface area contributed by atoms with E-state index in [2.05, 4.69) is 5.32 Å². The third-order valence-corrected chi connectivity index (χ3v) is 2.26. The molecule has 0 unspecified atom stereocenters. The molecule has 1 aromatic rings. The Hall–Kier alpha value is -1.55. The van der Waals surface area contributed by atoms with E-state index in [4.69, 9.17) is 9.84 Å². The van der Waals surface area contributed by atoms with Crippen molar-refractivity contribution in [2.24, 2.45) is 0 Å². The van der Waals surface area contributed by atoms with E-state index < -0.39 is 11.5 Å². The van der Waals surface area contributed by atoms with Gasteiger partial charge in [-0.2, -0.15) is 0 Å². The molecule has 1 aliphatic rings. The molecule has 14 heavy (non-hydrogen) atoms. The number of para-hydroxylation sites is 1. The fraction of sp³-hybridized carbons (Fsp3) is 0.300. The molecule has 0 saturated carbocycles. The van der Waals surface area contributed by atoms with Crippen LogP contribution in [-0.4, -0.2) is 29.8 Å². The Morgan fingerprint density at radius 1 is 1.36 bits per heavy atom. The van der Waals surface area contributed by atoms with Gasteiger partial charge >= 0.3 is 5.97 Å². The van der Waals surface area contributed by atoms with E-state index in [-0.39, 0.29) is 13.2 Å². The van der Waals surface area contributed by atoms with Crippen molar-refractivity contribution >= 4 is 11.7 Å². The first-order valence-corrected chi connectivity index (χ1v) is 4.37. The molecular formula is C10H11NO3. The first kappa shape index (κ1) is 9.02. The number of hydrogen-bond donors (Lipinski definition) is 2. The van der Waals surface area contributed by atoms with Gasteiger partial charge in [-0.3, -0.25) is 0 Å². The average molecular weight is 193 g/mol. The van der Waals surface area contributed by atoms with Crippen LogP contribution in [0.15, 0.2) is 30.3 Å². The maximum absolute atomic E-state index is 11.0. The van der Waals surface area contributed by atoms with Crippen LogP contribution in [0.25, 0.3) is 0 Å². The van der Waals surface area contributed by atoms with E-state index in [1.54, 1.807) is 0 Å². The van der Waals surface area contributed by atoms with Crippen LogP contribution in [0, 0.1) is 0 Å². The molecule has 2 N–H and O–H groups in total. The smallest absolute Gasteiger partial charge is 0.334 e. The fourth-order valence-electron chi connectivity index (χ4n) is 1.35. The number of rotatable bonds is 3. The number of ether oxygens (including phenoxy) is 1. The fourth-order valence-corrected chi connectivity index (χ4v) is 1.35. The molecule has 0 bridgehead atoms. The van der Waals surface area contributed by atoms with Crippen molar-refractivity contribution in [3.8, 4) is 0 Å². The van der Waals surface area contributed by atoms with Crippen molar-refractivity contribution in [1.29, 1.82) is 0 Å². The van der Waals surface area contributed by atoms with Crippen molar-refractivity contribution in [1.82, 2.24) is 0 Å². The molecule has 1 fully saturated rings. The molecular weight excluding hydrogens is 182 g/mol. The summed E-state index contributed by atoms with van der Waals surface area (Å²) in [6.45, 7) is 0.439. The van der Waals surface area contributed by atoms with Gasteiger partial charge in [-0.25, -0.2) is 4.79 Å². The lowest BCUT2D eigenvalue weighted by Crippen LogP contribution is -2.61. The average Bonchev–Trinajstić information content (AvgIpc) is 2.12. The molecule has 0 radical (unpaired) electrons. The molecule has 1 heterocycles. The van der Waals surface area contributed by atoms with E-state index in [9.17, 15) is 4.79 Å². The third kappa shape index (κ3) is 1.44. The summed E-state index contributed by atoms with van der Waals surface area (Å²) >= 11 is 0. The second-order valence-corrected chi connectivity index (χ2v) is 3.37. The van der Waals surface area contributed by atoms with Gasteiger partial charge in [-0.1, -0.05) is 18.2 Å². The topological polar surface area (TPSA) is 58.6 Å². The Kier molecular flexibility index (Phi) is 2.13. The van der Waals surface area contributed by atoms with Crippen molar-refractivity contribution < 1.29 is 14.6 Å². The molecule has 0 aromatic heterocycles. The molecule has 74 valence electrons. The highest BCUT2D eigenvalue weighted by Gasteiger charge is 2.46. The van der Waals surface area contributed by atoms with Crippen molar-refractivity contribution in [2.75, 3.05) is 18.5 Å². The van der Waals surface area contributed by atoms with Gasteiger partial charge in [-0.05, 0) is 12.1 Å². The number of anilines is 1. The Morgan fingerprint density at radius 2 is 2.00 bits per heavy atom. The number of carbonyl (C=O) groups is 1. The largest absolute Gasteiger partial charge is 0.479 e. The molecule has 0 aliphatic carbocycles. The first-order valence-electron chi connectivity index (χ1n) is 4.37. The van der Waals surface area contributed by atoms with Gasteiger partial charge < -0.3 is 15.2 Å². The lowest BCUT2D eigenvalue weighted by Gasteiger charge is -2.38. The van der Waals surface area contributed by atoms with Gasteiger partial charge in [0.15, 0.2) is 5.54 Å². The third-order valence-electron chi connectivity index (χ3n) is 2.26. The first-order chi connectivity index (χ1) is 6.73. The summed E-state index contributed by atoms with van der Waals surface area (Å²) < 4.78 is 4.93. The van der Waals surface area contributed by atoms with Crippen molar-refractivity contribution in [2.45, 2.75) is 5.54 Å². The molecule has 2 rings (SSSR count). The summed E-state index contributed by atoms with van der Waals surface area (Å²) in [7, 11) is 0. The quantitative estimate of drug-likeness (QED) is 0.750. The van der Waals surface area contributed by atoms with Gasteiger partial charge in [-0.15, -0.1) is 0 Å². The van der Waals surface area contributed by atoms with Crippen LogP contribution < -0.4 is 5.32 Å². The predicted molar refractivity (Wildman–Crippen MR) is 51.3 cm³/mol. The minimum Gasteiger partial charge on any atom is -0.479 e. The molecule has 4 nitrogen and oxygen atoms in total. The maximum Gasteiger partial charge on any atom is 0.334 e. The van der Waals surface area contributed by atoms with Crippen LogP contribution in [0.1, 0.15) is 0 Å². The number of carboxylic acids is 1. The summed E-state index contributed by atoms with van der Waals surface area (Å²) in [5.74, 6) is -0.868. The SMILES string of the molecule is O=C(O)C1(Nc2ccccc2)COC1. The highest BCUT2D eigenvalue weighted by Crippen LogP contribution is 2.23. The van der Waals surface area contributed by atoms with Gasteiger partial charge in [0, 0.05) is 5.69 Å². The van der Waals surface area contributed by atoms with Crippen LogP contribution in [0.5, 0.6) is 0 Å². The van der Waals surface area contributed by atoms with Gasteiger partial charge in [0.05, 0.1) is 13.2 Å². The second kappa shape index (κ2) is 3.31. The van der Waals surface area contributed by atoms with E-state index in [0.29, 0.717) is 0 Å². The number of aliphatic carboxylic acids is 1. The second-order valence-electron chi connectivity index (χ2n) is 3.37. The predicted octanol–water partition coefficient (Wildman–Crippen LogP) is 0.952. The lowest BCUT2D eigenvalue weighted by atomic mass is 9.97. The van der Waals surface area contributed by atoms with Gasteiger partial charge in [0.1, 0.15) is 0 Å². The molecule has 1 saturated heterocycles. The standard InChI is InChI=1S/C10H11NO3/c12-9(13)10(6-14-7-10)11-8-4-2-1-3-5-8/h1-5,11H,6-7H2,(H,12,13). The summed E-state index contributed by atoms with van der Waals surface area (Å²) in [5.41, 5.74) is -0.125. The maximum atomic E-state index is 11.0. The summed E-state index contributed by atoms with van der Waals surface area (Å²) in [6.07, 6.45) is 0. The zero-order valence-electron chi connectivity index (χ0n) is 7.56. The summed E-state index contributed by atoms with van der Waals surface area (Å²) in [6, 6.07) is 9.27. The minimum absolute atomic E-state index is 0.219. The number of carboxylic acid groups (broad SMARTS) is 1. The normalized spacial score (nSPS) is 18.3. The number of benzene rings is 1. The minimum atomic E-state index is -0.929. The van der Waals surface area contributed by atoms with Gasteiger partial charge in [0.25, 0.3) is 0 Å². The Bertz CT molecular complexity index is 332. The van der Waals surface area contributed by atoms with Crippen molar-refractivity contribution in [3.63, 3.8) is 0 Å². The van der Waals surface area contributed by atoms with Crippen LogP contribution in [0.2, 0.25) is 0 Å². The lowest BCUT2D eigenvalue weighted by molar-refractivity contribution is -0.158. The Morgan fingerprint density at radius 3 is 2.43 bits per heavy atom. The Balaban J connectivity index is 2.13. The summed E-state index contributed by atoms with van der Waals surface area (Å²) in [4.78, 5) is 11.0. The van der Waals surface area contributed by atoms with Gasteiger partial charge in [0.2, 0.25) is 0 Å². The molecule has 0 atom stereocenters. The molecule has 1 aliphatic heterocycles. The summed E-state index contributed by atoms with van der Waals surface area (Å²) in [5, 5.41) is 12.0. The molecule has 1 aromatic carbocycles. The molecule has 0 amide bonds. The van der Waals surface area contributed by atoms with E-state index in [1.807, 2.05) is 30.3 Å². The highest BCUT2D eigenvalue weighted by atomic mass is 16.5. The monoisotopic (exact) mass is 193 g/mol. The molecule has 0 spiro atoms. The van der Waals surface area contributed by atoms with Crippen LogP contribution >= 0.6 is 0 Å². The zero-order chi connectivity index (χ0) is 10.0. The highest BCUT2D eigenvalue weighted by molar-refractivity contribution is 5.84. The number of hydrogen-bond acceptors (Lipinski definition) is 3. The van der Waals surface area contributed by atoms with Crippen LogP contribution in [-0.2, 0) is 9.53 Å². The van der Waals surface area contributed by atoms with E-state index in [1.165, 1.54) is 0 Å².